The summed E-state index contributed by atoms with van der Waals surface area (Å²) in [5, 5.41) is 9.24. The Hall–Kier alpha value is -2.29. The number of carbonyl (C=O) groups is 1. The average Bonchev–Trinajstić information content (AvgIpc) is 2.32. The molecule has 0 saturated heterocycles. The Labute approximate surface area is 106 Å². The van der Waals surface area contributed by atoms with Gasteiger partial charge in [0.2, 0.25) is 0 Å². The fraction of sp³-hybridized carbons (Fsp3) is 0.133. The molecule has 18 heavy (non-hydrogen) atoms. The fourth-order valence-corrected chi connectivity index (χ4v) is 2.01. The zero-order valence-electron chi connectivity index (χ0n) is 10.4. The van der Waals surface area contributed by atoms with Gasteiger partial charge < -0.3 is 10.8 Å². The summed E-state index contributed by atoms with van der Waals surface area (Å²) >= 11 is 0. The minimum Gasteiger partial charge on any atom is -0.478 e. The van der Waals surface area contributed by atoms with Crippen molar-refractivity contribution in [1.82, 2.24) is 0 Å². The van der Waals surface area contributed by atoms with Crippen LogP contribution in [-0.4, -0.2) is 11.1 Å². The van der Waals surface area contributed by atoms with Crippen molar-refractivity contribution < 1.29 is 9.90 Å². The van der Waals surface area contributed by atoms with E-state index in [0.717, 1.165) is 16.7 Å². The van der Waals surface area contributed by atoms with Crippen molar-refractivity contribution in [3.8, 4) is 11.1 Å². The third-order valence-electron chi connectivity index (χ3n) is 3.17. The summed E-state index contributed by atoms with van der Waals surface area (Å²) in [4.78, 5) is 11.3. The van der Waals surface area contributed by atoms with Gasteiger partial charge in [-0.15, -0.1) is 0 Å². The Morgan fingerprint density at radius 3 is 2.50 bits per heavy atom. The largest absolute Gasteiger partial charge is 0.478 e. The summed E-state index contributed by atoms with van der Waals surface area (Å²) in [6.45, 7) is 3.99. The van der Waals surface area contributed by atoms with E-state index in [0.29, 0.717) is 11.3 Å². The van der Waals surface area contributed by atoms with Crippen molar-refractivity contribution in [2.45, 2.75) is 13.8 Å². The van der Waals surface area contributed by atoms with Crippen molar-refractivity contribution >= 4 is 11.7 Å². The van der Waals surface area contributed by atoms with Crippen molar-refractivity contribution in [2.24, 2.45) is 0 Å². The van der Waals surface area contributed by atoms with Crippen molar-refractivity contribution in [3.63, 3.8) is 0 Å². The highest BCUT2D eigenvalue weighted by Crippen LogP contribution is 2.30. The van der Waals surface area contributed by atoms with Gasteiger partial charge in [0.15, 0.2) is 0 Å². The zero-order chi connectivity index (χ0) is 13.3. The van der Waals surface area contributed by atoms with Gasteiger partial charge in [0, 0.05) is 5.69 Å². The van der Waals surface area contributed by atoms with Crippen LogP contribution < -0.4 is 5.73 Å². The summed E-state index contributed by atoms with van der Waals surface area (Å²) in [6.07, 6.45) is 0. The number of nitrogen functional groups attached to an aromatic ring is 1. The minimum atomic E-state index is -0.939. The first-order chi connectivity index (χ1) is 8.50. The molecule has 2 rings (SSSR count). The Kier molecular flexibility index (Phi) is 3.06. The molecule has 0 aromatic heterocycles. The number of benzene rings is 2. The van der Waals surface area contributed by atoms with Crippen LogP contribution >= 0.6 is 0 Å². The molecule has 0 aliphatic rings. The first-order valence-corrected chi connectivity index (χ1v) is 5.70. The molecule has 0 saturated carbocycles. The molecule has 0 radical (unpaired) electrons. The Bertz CT molecular complexity index is 618. The van der Waals surface area contributed by atoms with E-state index in [1.807, 2.05) is 32.0 Å². The number of aryl methyl sites for hydroxylation is 1. The van der Waals surface area contributed by atoms with Crippen molar-refractivity contribution in [1.29, 1.82) is 0 Å². The van der Waals surface area contributed by atoms with Crippen molar-refractivity contribution in [3.05, 3.63) is 53.1 Å². The summed E-state index contributed by atoms with van der Waals surface area (Å²) in [5.74, 6) is -0.939. The van der Waals surface area contributed by atoms with Crippen molar-refractivity contribution in [2.75, 3.05) is 5.73 Å². The third kappa shape index (κ3) is 2.07. The van der Waals surface area contributed by atoms with Crippen LogP contribution in [0.5, 0.6) is 0 Å². The second kappa shape index (κ2) is 4.53. The lowest BCUT2D eigenvalue weighted by Crippen LogP contribution is -2.01. The molecule has 0 bridgehead atoms. The molecule has 3 heteroatoms. The lowest BCUT2D eigenvalue weighted by Gasteiger charge is -2.12. The average molecular weight is 241 g/mol. The highest BCUT2D eigenvalue weighted by atomic mass is 16.4. The van der Waals surface area contributed by atoms with Gasteiger partial charge in [-0.3, -0.25) is 0 Å². The highest BCUT2D eigenvalue weighted by molar-refractivity contribution is 5.97. The zero-order valence-corrected chi connectivity index (χ0v) is 10.4. The van der Waals surface area contributed by atoms with E-state index in [4.69, 9.17) is 5.73 Å². The standard InChI is InChI=1S/C15H15NO2/c1-9-4-3-5-12(10(9)2)14-8-11(16)6-7-13(14)15(17)18/h3-8H,16H2,1-2H3,(H,17,18). The summed E-state index contributed by atoms with van der Waals surface area (Å²) in [7, 11) is 0. The summed E-state index contributed by atoms with van der Waals surface area (Å²) in [6, 6.07) is 10.7. The van der Waals surface area contributed by atoms with Crippen LogP contribution in [0.4, 0.5) is 5.69 Å². The van der Waals surface area contributed by atoms with Crippen LogP contribution in [0.15, 0.2) is 36.4 Å². The van der Waals surface area contributed by atoms with E-state index < -0.39 is 5.97 Å². The van der Waals surface area contributed by atoms with Crippen LogP contribution in [0.25, 0.3) is 11.1 Å². The van der Waals surface area contributed by atoms with Gasteiger partial charge in [-0.05, 0) is 54.3 Å². The molecule has 0 aliphatic carbocycles. The molecule has 3 N–H and O–H groups in total. The first kappa shape index (κ1) is 12.2. The van der Waals surface area contributed by atoms with Gasteiger partial charge in [-0.2, -0.15) is 0 Å². The molecule has 2 aromatic rings. The number of carboxylic acid groups (broad SMARTS) is 1. The predicted octanol–water partition coefficient (Wildman–Crippen LogP) is 3.25. The number of hydrogen-bond donors (Lipinski definition) is 2. The van der Waals surface area contributed by atoms with Gasteiger partial charge in [0.1, 0.15) is 0 Å². The second-order valence-corrected chi connectivity index (χ2v) is 4.36. The molecule has 0 fully saturated rings. The van der Waals surface area contributed by atoms with Gasteiger partial charge in [-0.1, -0.05) is 18.2 Å². The highest BCUT2D eigenvalue weighted by Gasteiger charge is 2.14. The molecule has 2 aromatic carbocycles. The number of nitrogens with two attached hydrogens (primary N) is 1. The van der Waals surface area contributed by atoms with E-state index in [2.05, 4.69) is 0 Å². The molecule has 0 spiro atoms. The van der Waals surface area contributed by atoms with E-state index in [9.17, 15) is 9.90 Å². The van der Waals surface area contributed by atoms with Gasteiger partial charge >= 0.3 is 5.97 Å². The third-order valence-corrected chi connectivity index (χ3v) is 3.17. The summed E-state index contributed by atoms with van der Waals surface area (Å²) < 4.78 is 0. The van der Waals surface area contributed by atoms with Gasteiger partial charge in [0.05, 0.1) is 5.56 Å². The van der Waals surface area contributed by atoms with E-state index in [-0.39, 0.29) is 5.56 Å². The van der Waals surface area contributed by atoms with Crippen LogP contribution in [0.2, 0.25) is 0 Å². The smallest absolute Gasteiger partial charge is 0.336 e. The summed E-state index contributed by atoms with van der Waals surface area (Å²) in [5.41, 5.74) is 10.4. The Morgan fingerprint density at radius 2 is 1.83 bits per heavy atom. The van der Waals surface area contributed by atoms with Crippen LogP contribution in [-0.2, 0) is 0 Å². The molecule has 0 amide bonds. The molecule has 0 atom stereocenters. The van der Waals surface area contributed by atoms with E-state index in [1.54, 1.807) is 18.2 Å². The topological polar surface area (TPSA) is 63.3 Å². The molecule has 0 unspecified atom stereocenters. The monoisotopic (exact) mass is 241 g/mol. The van der Waals surface area contributed by atoms with Crippen LogP contribution in [0.3, 0.4) is 0 Å². The van der Waals surface area contributed by atoms with Crippen LogP contribution in [0, 0.1) is 13.8 Å². The minimum absolute atomic E-state index is 0.276. The Morgan fingerprint density at radius 1 is 1.11 bits per heavy atom. The molecule has 0 heterocycles. The lowest BCUT2D eigenvalue weighted by molar-refractivity contribution is 0.0698. The maximum atomic E-state index is 11.3. The number of hydrogen-bond acceptors (Lipinski definition) is 2. The Balaban J connectivity index is 2.73. The number of aromatic carboxylic acids is 1. The quantitative estimate of drug-likeness (QED) is 0.793. The number of rotatable bonds is 2. The van der Waals surface area contributed by atoms with Gasteiger partial charge in [-0.25, -0.2) is 4.79 Å². The molecular formula is C15H15NO2. The second-order valence-electron chi connectivity index (χ2n) is 4.36. The van der Waals surface area contributed by atoms with Crippen LogP contribution in [0.1, 0.15) is 21.5 Å². The van der Waals surface area contributed by atoms with Gasteiger partial charge in [0.25, 0.3) is 0 Å². The fourth-order valence-electron chi connectivity index (χ4n) is 2.01. The lowest BCUT2D eigenvalue weighted by atomic mass is 9.93. The predicted molar refractivity (Wildman–Crippen MR) is 72.7 cm³/mol. The number of carboxylic acids is 1. The molecule has 3 nitrogen and oxygen atoms in total. The maximum Gasteiger partial charge on any atom is 0.336 e. The normalized spacial score (nSPS) is 10.3. The molecular weight excluding hydrogens is 226 g/mol. The molecule has 92 valence electrons. The van der Waals surface area contributed by atoms with E-state index >= 15 is 0 Å². The number of anilines is 1. The first-order valence-electron chi connectivity index (χ1n) is 5.70. The SMILES string of the molecule is Cc1cccc(-c2cc(N)ccc2C(=O)O)c1C. The molecule has 0 aliphatic heterocycles. The van der Waals surface area contributed by atoms with E-state index in [1.165, 1.54) is 0 Å². The maximum absolute atomic E-state index is 11.3.